The van der Waals surface area contributed by atoms with Crippen LogP contribution in [0.4, 0.5) is 0 Å². The maximum Gasteiger partial charge on any atom is 0.349 e. The molecule has 1 aromatic heterocycles. The number of nitrogens with zero attached hydrogens (tertiary/aromatic N) is 1. The van der Waals surface area contributed by atoms with E-state index in [1.165, 1.54) is 0 Å². The number of aryl methyl sites for hydroxylation is 1. The first-order valence-electron chi connectivity index (χ1n) is 14.4. The molecular weight excluding hydrogens is 526 g/mol. The van der Waals surface area contributed by atoms with E-state index in [0.29, 0.717) is 12.4 Å². The molecule has 216 valence electrons. The van der Waals surface area contributed by atoms with Crippen molar-refractivity contribution in [3.8, 4) is 28.5 Å². The molecule has 0 N–H and O–H groups in total. The highest BCUT2D eigenvalue weighted by atomic mass is 16.6. The van der Waals surface area contributed by atoms with Crippen molar-refractivity contribution in [1.29, 1.82) is 0 Å². The van der Waals surface area contributed by atoms with Crippen LogP contribution >= 0.6 is 0 Å². The molecule has 1 atom stereocenters. The molecule has 0 bridgehead atoms. The topological polar surface area (TPSA) is 58.9 Å². The second kappa shape index (κ2) is 13.3. The first-order chi connectivity index (χ1) is 20.4. The summed E-state index contributed by atoms with van der Waals surface area (Å²) in [6.07, 6.45) is -0.766. The van der Waals surface area contributed by atoms with Gasteiger partial charge in [0.2, 0.25) is 6.10 Å². The van der Waals surface area contributed by atoms with Gasteiger partial charge in [-0.05, 0) is 99.0 Å². The standard InChI is InChI=1S/C36H37NO5/c1-5-39-36(38)34(42-29-14-10-7-11-15-29)23-37-33-21-20-31(40-24-27-12-8-6-9-13-27)22-32(33)26(4)35(37)28-16-18-30(19-17-28)41-25(2)3/h6-22,25,34H,5,23-24H2,1-4H3. The zero-order valence-electron chi connectivity index (χ0n) is 24.6. The number of rotatable bonds is 12. The fourth-order valence-electron chi connectivity index (χ4n) is 5.08. The number of carbonyl (C=O) groups is 1. The van der Waals surface area contributed by atoms with Crippen LogP contribution in [0.15, 0.2) is 103 Å². The highest BCUT2D eigenvalue weighted by Crippen LogP contribution is 2.37. The summed E-state index contributed by atoms with van der Waals surface area (Å²) in [7, 11) is 0. The minimum atomic E-state index is -0.848. The quantitative estimate of drug-likeness (QED) is 0.144. The number of benzene rings is 4. The molecule has 42 heavy (non-hydrogen) atoms. The van der Waals surface area contributed by atoms with Crippen LogP contribution in [0.2, 0.25) is 0 Å². The third-order valence-corrected chi connectivity index (χ3v) is 6.96. The molecule has 5 rings (SSSR count). The average Bonchev–Trinajstić information content (AvgIpc) is 3.27. The van der Waals surface area contributed by atoms with Gasteiger partial charge in [0.05, 0.1) is 24.9 Å². The second-order valence-electron chi connectivity index (χ2n) is 10.4. The van der Waals surface area contributed by atoms with Crippen LogP contribution in [0.3, 0.4) is 0 Å². The zero-order chi connectivity index (χ0) is 29.5. The minimum Gasteiger partial charge on any atom is -0.491 e. The summed E-state index contributed by atoms with van der Waals surface area (Å²) >= 11 is 0. The summed E-state index contributed by atoms with van der Waals surface area (Å²) < 4.78 is 25.9. The number of hydrogen-bond acceptors (Lipinski definition) is 5. The van der Waals surface area contributed by atoms with Crippen molar-refractivity contribution in [2.24, 2.45) is 0 Å². The summed E-state index contributed by atoms with van der Waals surface area (Å²) in [5.74, 6) is 1.79. The Balaban J connectivity index is 1.56. The molecular formula is C36H37NO5. The fraction of sp³-hybridized carbons (Fsp3) is 0.250. The van der Waals surface area contributed by atoms with Crippen LogP contribution in [0, 0.1) is 6.92 Å². The predicted octanol–water partition coefficient (Wildman–Crippen LogP) is 7.99. The lowest BCUT2D eigenvalue weighted by atomic mass is 10.1. The van der Waals surface area contributed by atoms with Gasteiger partial charge in [-0.1, -0.05) is 48.5 Å². The molecule has 0 radical (unpaired) electrons. The Hall–Kier alpha value is -4.71. The van der Waals surface area contributed by atoms with Gasteiger partial charge in [-0.15, -0.1) is 0 Å². The summed E-state index contributed by atoms with van der Waals surface area (Å²) in [5.41, 5.74) is 5.16. The van der Waals surface area contributed by atoms with Crippen LogP contribution in [-0.2, 0) is 22.7 Å². The molecule has 0 saturated heterocycles. The number of hydrogen-bond donors (Lipinski definition) is 0. The summed E-state index contributed by atoms with van der Waals surface area (Å²) in [6.45, 7) is 8.94. The smallest absolute Gasteiger partial charge is 0.349 e. The molecule has 5 aromatic rings. The van der Waals surface area contributed by atoms with Crippen LogP contribution in [0.1, 0.15) is 31.9 Å². The van der Waals surface area contributed by atoms with Gasteiger partial charge in [0, 0.05) is 10.9 Å². The van der Waals surface area contributed by atoms with Crippen molar-refractivity contribution >= 4 is 16.9 Å². The molecule has 6 nitrogen and oxygen atoms in total. The van der Waals surface area contributed by atoms with Crippen LogP contribution < -0.4 is 14.2 Å². The monoisotopic (exact) mass is 563 g/mol. The lowest BCUT2D eigenvalue weighted by Crippen LogP contribution is -2.34. The van der Waals surface area contributed by atoms with Gasteiger partial charge in [-0.25, -0.2) is 4.79 Å². The van der Waals surface area contributed by atoms with Gasteiger partial charge in [0.15, 0.2) is 0 Å². The van der Waals surface area contributed by atoms with Gasteiger partial charge < -0.3 is 23.5 Å². The lowest BCUT2D eigenvalue weighted by Gasteiger charge is -2.21. The molecule has 0 saturated carbocycles. The normalized spacial score (nSPS) is 11.8. The van der Waals surface area contributed by atoms with Gasteiger partial charge in [-0.3, -0.25) is 0 Å². The number of ether oxygens (including phenoxy) is 4. The lowest BCUT2D eigenvalue weighted by molar-refractivity contribution is -0.152. The van der Waals surface area contributed by atoms with Crippen molar-refractivity contribution < 1.29 is 23.7 Å². The molecule has 6 heteroatoms. The molecule has 0 amide bonds. The molecule has 0 spiro atoms. The third kappa shape index (κ3) is 6.77. The van der Waals surface area contributed by atoms with Crippen LogP contribution in [0.5, 0.6) is 17.2 Å². The van der Waals surface area contributed by atoms with E-state index in [9.17, 15) is 4.79 Å². The number of aromatic nitrogens is 1. The zero-order valence-corrected chi connectivity index (χ0v) is 24.6. The van der Waals surface area contributed by atoms with Crippen molar-refractivity contribution in [2.45, 2.75) is 53.1 Å². The number of carbonyl (C=O) groups excluding carboxylic acids is 1. The van der Waals surface area contributed by atoms with Crippen LogP contribution in [-0.4, -0.2) is 29.4 Å². The molecule has 0 aliphatic rings. The summed E-state index contributed by atoms with van der Waals surface area (Å²) in [4.78, 5) is 13.2. The SMILES string of the molecule is CCOC(=O)C(Cn1c(-c2ccc(OC(C)C)cc2)c(C)c2cc(OCc3ccccc3)ccc21)Oc1ccccc1. The maximum atomic E-state index is 13.2. The van der Waals surface area contributed by atoms with Gasteiger partial charge in [-0.2, -0.15) is 0 Å². The van der Waals surface area contributed by atoms with Crippen molar-refractivity contribution in [3.05, 3.63) is 114 Å². The van der Waals surface area contributed by atoms with E-state index in [-0.39, 0.29) is 19.3 Å². The predicted molar refractivity (Wildman–Crippen MR) is 166 cm³/mol. The molecule has 0 fully saturated rings. The van der Waals surface area contributed by atoms with Crippen LogP contribution in [0.25, 0.3) is 22.2 Å². The summed E-state index contributed by atoms with van der Waals surface area (Å²) in [6, 6.07) is 33.6. The molecule has 1 heterocycles. The first kappa shape index (κ1) is 28.8. The van der Waals surface area contributed by atoms with E-state index in [0.717, 1.165) is 44.8 Å². The fourth-order valence-corrected chi connectivity index (χ4v) is 5.08. The maximum absolute atomic E-state index is 13.2. The van der Waals surface area contributed by atoms with E-state index in [2.05, 4.69) is 29.7 Å². The van der Waals surface area contributed by atoms with Gasteiger partial charge in [0.1, 0.15) is 23.9 Å². The molecule has 4 aromatic carbocycles. The minimum absolute atomic E-state index is 0.0822. The van der Waals surface area contributed by atoms with Gasteiger partial charge in [0.25, 0.3) is 0 Å². The Morgan fingerprint density at radius 1 is 0.786 bits per heavy atom. The first-order valence-corrected chi connectivity index (χ1v) is 14.4. The Morgan fingerprint density at radius 2 is 1.43 bits per heavy atom. The highest BCUT2D eigenvalue weighted by Gasteiger charge is 2.26. The van der Waals surface area contributed by atoms with E-state index in [4.69, 9.17) is 18.9 Å². The molecule has 0 aliphatic carbocycles. The van der Waals surface area contributed by atoms with E-state index in [1.807, 2.05) is 98.8 Å². The van der Waals surface area contributed by atoms with E-state index < -0.39 is 12.1 Å². The molecule has 1 unspecified atom stereocenters. The Kier molecular flexibility index (Phi) is 9.12. The van der Waals surface area contributed by atoms with Crippen molar-refractivity contribution in [1.82, 2.24) is 4.57 Å². The number of esters is 1. The van der Waals surface area contributed by atoms with E-state index in [1.54, 1.807) is 6.92 Å². The largest absolute Gasteiger partial charge is 0.491 e. The van der Waals surface area contributed by atoms with Gasteiger partial charge >= 0.3 is 5.97 Å². The Morgan fingerprint density at radius 3 is 2.10 bits per heavy atom. The highest BCUT2D eigenvalue weighted by molar-refractivity contribution is 5.93. The second-order valence-corrected chi connectivity index (χ2v) is 10.4. The van der Waals surface area contributed by atoms with Crippen molar-refractivity contribution in [3.63, 3.8) is 0 Å². The third-order valence-electron chi connectivity index (χ3n) is 6.96. The van der Waals surface area contributed by atoms with Crippen molar-refractivity contribution in [2.75, 3.05) is 6.61 Å². The molecule has 0 aliphatic heterocycles. The Bertz CT molecular complexity index is 1610. The van der Waals surface area contributed by atoms with E-state index >= 15 is 0 Å². The number of para-hydroxylation sites is 1. The average molecular weight is 564 g/mol. The number of fused-ring (bicyclic) bond motifs is 1. The Labute approximate surface area is 247 Å². The summed E-state index contributed by atoms with van der Waals surface area (Å²) in [5, 5.41) is 1.04.